The van der Waals surface area contributed by atoms with E-state index < -0.39 is 6.04 Å². The normalized spacial score (nSPS) is 11.9. The molecule has 0 saturated heterocycles. The number of fused-ring (bicyclic) bond motifs is 1. The summed E-state index contributed by atoms with van der Waals surface area (Å²) in [5.74, 6) is 0.906. The summed E-state index contributed by atoms with van der Waals surface area (Å²) in [6.45, 7) is 4.31. The standard InChI is InChI=1S/C26H24ClN3O3/c1-4-33-19-15-13-18(14-16-19)30-24(28-23-12-8-6-10-21(23)26(30)32)17(2)29(3)25(31)20-9-5-7-11-22(20)27/h5-17H,4H2,1-3H3. The van der Waals surface area contributed by atoms with Crippen LogP contribution in [0.5, 0.6) is 5.75 Å². The fraction of sp³-hybridized carbons (Fsp3) is 0.192. The van der Waals surface area contributed by atoms with Gasteiger partial charge in [-0.25, -0.2) is 4.98 Å². The first-order valence-electron chi connectivity index (χ1n) is 10.7. The van der Waals surface area contributed by atoms with E-state index in [2.05, 4.69) is 0 Å². The maximum Gasteiger partial charge on any atom is 0.266 e. The van der Waals surface area contributed by atoms with Gasteiger partial charge in [0.25, 0.3) is 11.5 Å². The van der Waals surface area contributed by atoms with Gasteiger partial charge in [0.1, 0.15) is 11.6 Å². The number of hydrogen-bond donors (Lipinski definition) is 0. The number of halogens is 1. The topological polar surface area (TPSA) is 64.4 Å². The van der Waals surface area contributed by atoms with Crippen LogP contribution in [0.2, 0.25) is 5.02 Å². The Bertz CT molecular complexity index is 1370. The van der Waals surface area contributed by atoms with Gasteiger partial charge in [-0.3, -0.25) is 14.2 Å². The molecule has 1 unspecified atom stereocenters. The summed E-state index contributed by atoms with van der Waals surface area (Å²) in [5.41, 5.74) is 1.40. The second-order valence-corrected chi connectivity index (χ2v) is 8.03. The zero-order valence-electron chi connectivity index (χ0n) is 18.7. The van der Waals surface area contributed by atoms with Crippen molar-refractivity contribution in [1.29, 1.82) is 0 Å². The Hall–Kier alpha value is -3.64. The summed E-state index contributed by atoms with van der Waals surface area (Å²) >= 11 is 6.25. The second-order valence-electron chi connectivity index (χ2n) is 7.63. The number of ether oxygens (including phenoxy) is 1. The number of amides is 1. The van der Waals surface area contributed by atoms with Crippen LogP contribution in [-0.2, 0) is 0 Å². The minimum Gasteiger partial charge on any atom is -0.494 e. The van der Waals surface area contributed by atoms with Gasteiger partial charge in [-0.15, -0.1) is 0 Å². The van der Waals surface area contributed by atoms with Crippen LogP contribution in [0.25, 0.3) is 16.6 Å². The van der Waals surface area contributed by atoms with Crippen LogP contribution in [-0.4, -0.2) is 34.0 Å². The van der Waals surface area contributed by atoms with Gasteiger partial charge in [-0.1, -0.05) is 35.9 Å². The molecule has 0 radical (unpaired) electrons. The van der Waals surface area contributed by atoms with Gasteiger partial charge in [-0.05, 0) is 62.4 Å². The highest BCUT2D eigenvalue weighted by atomic mass is 35.5. The third-order valence-corrected chi connectivity index (χ3v) is 5.92. The Morgan fingerprint density at radius 2 is 1.73 bits per heavy atom. The number of carbonyl (C=O) groups excluding carboxylic acids is 1. The van der Waals surface area contributed by atoms with Crippen LogP contribution in [0.15, 0.2) is 77.6 Å². The Morgan fingerprint density at radius 1 is 1.06 bits per heavy atom. The Labute approximate surface area is 197 Å². The van der Waals surface area contributed by atoms with Gasteiger partial charge in [0.05, 0.1) is 39.8 Å². The molecule has 1 atom stereocenters. The molecule has 0 bridgehead atoms. The molecule has 1 aromatic heterocycles. The van der Waals surface area contributed by atoms with Crippen molar-refractivity contribution >= 4 is 28.4 Å². The minimum absolute atomic E-state index is 0.204. The number of nitrogens with zero attached hydrogens (tertiary/aromatic N) is 3. The lowest BCUT2D eigenvalue weighted by Crippen LogP contribution is -2.35. The lowest BCUT2D eigenvalue weighted by Gasteiger charge is -2.27. The molecule has 0 aliphatic carbocycles. The lowest BCUT2D eigenvalue weighted by atomic mass is 10.1. The average molecular weight is 462 g/mol. The number of carbonyl (C=O) groups is 1. The highest BCUT2D eigenvalue weighted by Gasteiger charge is 2.26. The molecule has 0 N–H and O–H groups in total. The summed E-state index contributed by atoms with van der Waals surface area (Å²) in [4.78, 5) is 33.1. The van der Waals surface area contributed by atoms with E-state index in [0.29, 0.717) is 45.4 Å². The van der Waals surface area contributed by atoms with E-state index in [0.717, 1.165) is 0 Å². The predicted molar refractivity (Wildman–Crippen MR) is 130 cm³/mol. The van der Waals surface area contributed by atoms with Crippen molar-refractivity contribution in [1.82, 2.24) is 14.5 Å². The van der Waals surface area contributed by atoms with Crippen LogP contribution in [0.4, 0.5) is 0 Å². The van der Waals surface area contributed by atoms with Crippen LogP contribution in [0, 0.1) is 0 Å². The molecule has 6 nitrogen and oxygen atoms in total. The smallest absolute Gasteiger partial charge is 0.266 e. The van der Waals surface area contributed by atoms with Crippen LogP contribution >= 0.6 is 11.6 Å². The van der Waals surface area contributed by atoms with E-state index in [4.69, 9.17) is 21.3 Å². The first kappa shape index (κ1) is 22.6. The lowest BCUT2D eigenvalue weighted by molar-refractivity contribution is 0.0735. The van der Waals surface area contributed by atoms with E-state index in [1.165, 1.54) is 0 Å². The third-order valence-electron chi connectivity index (χ3n) is 5.59. The molecule has 3 aromatic carbocycles. The van der Waals surface area contributed by atoms with Crippen molar-refractivity contribution in [3.63, 3.8) is 0 Å². The third kappa shape index (κ3) is 4.34. The van der Waals surface area contributed by atoms with Gasteiger partial charge in [0, 0.05) is 7.05 Å². The molecule has 168 valence electrons. The molecule has 1 amide bonds. The molecule has 4 aromatic rings. The van der Waals surface area contributed by atoms with Gasteiger partial charge >= 0.3 is 0 Å². The molecule has 0 aliphatic rings. The van der Waals surface area contributed by atoms with Crippen LogP contribution < -0.4 is 10.3 Å². The number of para-hydroxylation sites is 1. The second kappa shape index (κ2) is 9.46. The van der Waals surface area contributed by atoms with E-state index in [9.17, 15) is 9.59 Å². The van der Waals surface area contributed by atoms with Gasteiger partial charge in [0.2, 0.25) is 0 Å². The quantitative estimate of drug-likeness (QED) is 0.392. The van der Waals surface area contributed by atoms with Crippen molar-refractivity contribution in [3.05, 3.63) is 99.6 Å². The molecule has 0 saturated carbocycles. The Balaban J connectivity index is 1.85. The Morgan fingerprint density at radius 3 is 2.42 bits per heavy atom. The molecule has 7 heteroatoms. The summed E-state index contributed by atoms with van der Waals surface area (Å²) < 4.78 is 7.09. The van der Waals surface area contributed by atoms with E-state index in [1.807, 2.05) is 50.2 Å². The molecular weight excluding hydrogens is 438 g/mol. The first-order chi connectivity index (χ1) is 15.9. The number of benzene rings is 3. The van der Waals surface area contributed by atoms with Crippen molar-refractivity contribution in [2.75, 3.05) is 13.7 Å². The van der Waals surface area contributed by atoms with Crippen LogP contribution in [0.3, 0.4) is 0 Å². The monoisotopic (exact) mass is 461 g/mol. The van der Waals surface area contributed by atoms with Gasteiger partial charge in [0.15, 0.2) is 0 Å². The van der Waals surface area contributed by atoms with Crippen molar-refractivity contribution < 1.29 is 9.53 Å². The zero-order valence-corrected chi connectivity index (χ0v) is 19.4. The zero-order chi connectivity index (χ0) is 23.5. The fourth-order valence-corrected chi connectivity index (χ4v) is 3.93. The SMILES string of the molecule is CCOc1ccc(-n2c(C(C)N(C)C(=O)c3ccccc3Cl)nc3ccccc3c2=O)cc1. The molecule has 33 heavy (non-hydrogen) atoms. The molecule has 0 aliphatic heterocycles. The molecule has 1 heterocycles. The predicted octanol–water partition coefficient (Wildman–Crippen LogP) is 5.27. The fourth-order valence-electron chi connectivity index (χ4n) is 3.71. The van der Waals surface area contributed by atoms with Gasteiger partial charge in [-0.2, -0.15) is 0 Å². The van der Waals surface area contributed by atoms with E-state index in [1.54, 1.807) is 52.9 Å². The molecule has 4 rings (SSSR count). The highest BCUT2D eigenvalue weighted by molar-refractivity contribution is 6.33. The maximum absolute atomic E-state index is 13.5. The summed E-state index contributed by atoms with van der Waals surface area (Å²) in [6.07, 6.45) is 0. The Kier molecular flexibility index (Phi) is 6.47. The average Bonchev–Trinajstić information content (AvgIpc) is 2.84. The molecular formula is C26H24ClN3O3. The minimum atomic E-state index is -0.516. The van der Waals surface area contributed by atoms with E-state index >= 15 is 0 Å². The summed E-state index contributed by atoms with van der Waals surface area (Å²) in [6, 6.07) is 20.8. The van der Waals surface area contributed by atoms with E-state index in [-0.39, 0.29) is 11.5 Å². The summed E-state index contributed by atoms with van der Waals surface area (Å²) in [5, 5.41) is 0.874. The van der Waals surface area contributed by atoms with Crippen molar-refractivity contribution in [2.24, 2.45) is 0 Å². The largest absolute Gasteiger partial charge is 0.494 e. The summed E-state index contributed by atoms with van der Waals surface area (Å²) in [7, 11) is 1.68. The van der Waals surface area contributed by atoms with Gasteiger partial charge < -0.3 is 9.64 Å². The highest BCUT2D eigenvalue weighted by Crippen LogP contribution is 2.26. The first-order valence-corrected chi connectivity index (χ1v) is 11.1. The molecule has 0 fully saturated rings. The maximum atomic E-state index is 13.5. The number of hydrogen-bond acceptors (Lipinski definition) is 4. The number of aromatic nitrogens is 2. The number of rotatable bonds is 6. The van der Waals surface area contributed by atoms with Crippen molar-refractivity contribution in [2.45, 2.75) is 19.9 Å². The molecule has 0 spiro atoms. The van der Waals surface area contributed by atoms with Crippen molar-refractivity contribution in [3.8, 4) is 11.4 Å². The van der Waals surface area contributed by atoms with Crippen LogP contribution in [0.1, 0.15) is 36.1 Å².